The molecule has 0 heterocycles. The first-order valence-corrected chi connectivity index (χ1v) is 7.14. The fraction of sp³-hybridized carbons (Fsp3) is 0.571. The minimum absolute atomic E-state index is 0.115. The van der Waals surface area contributed by atoms with Gasteiger partial charge in [-0.3, -0.25) is 0 Å². The molecule has 0 radical (unpaired) electrons. The van der Waals surface area contributed by atoms with Gasteiger partial charge in [0.2, 0.25) is 0 Å². The molecule has 3 unspecified atom stereocenters. The SMILES string of the molecule is CC(NC1CCCC(O)C1)c1cccc(Br)c1. The van der Waals surface area contributed by atoms with Crippen LogP contribution in [-0.2, 0) is 0 Å². The minimum atomic E-state index is -0.115. The van der Waals surface area contributed by atoms with E-state index in [0.717, 1.165) is 23.7 Å². The summed E-state index contributed by atoms with van der Waals surface area (Å²) in [4.78, 5) is 0. The lowest BCUT2D eigenvalue weighted by molar-refractivity contribution is 0.109. The third-order valence-corrected chi connectivity index (χ3v) is 3.97. The minimum Gasteiger partial charge on any atom is -0.393 e. The van der Waals surface area contributed by atoms with Gasteiger partial charge < -0.3 is 10.4 Å². The zero-order valence-electron chi connectivity index (χ0n) is 10.2. The number of rotatable bonds is 3. The molecule has 0 aromatic heterocycles. The Kier molecular flexibility index (Phi) is 4.60. The molecular weight excluding hydrogens is 278 g/mol. The summed E-state index contributed by atoms with van der Waals surface area (Å²) in [6.07, 6.45) is 4.04. The first kappa shape index (κ1) is 13.1. The zero-order valence-corrected chi connectivity index (χ0v) is 11.8. The molecule has 2 rings (SSSR count). The van der Waals surface area contributed by atoms with Crippen LogP contribution in [0.1, 0.15) is 44.2 Å². The van der Waals surface area contributed by atoms with Crippen LogP contribution in [0.4, 0.5) is 0 Å². The highest BCUT2D eigenvalue weighted by Gasteiger charge is 2.21. The Morgan fingerprint density at radius 2 is 2.24 bits per heavy atom. The predicted molar refractivity (Wildman–Crippen MR) is 74.0 cm³/mol. The molecular formula is C14H20BrNO. The van der Waals surface area contributed by atoms with Crippen LogP contribution in [0.15, 0.2) is 28.7 Å². The second-order valence-corrected chi connectivity index (χ2v) is 5.88. The fourth-order valence-corrected chi connectivity index (χ4v) is 2.96. The van der Waals surface area contributed by atoms with Crippen LogP contribution < -0.4 is 5.32 Å². The summed E-state index contributed by atoms with van der Waals surface area (Å²) in [5.74, 6) is 0. The average molecular weight is 298 g/mol. The molecule has 3 atom stereocenters. The van der Waals surface area contributed by atoms with E-state index in [1.54, 1.807) is 0 Å². The first-order chi connectivity index (χ1) is 8.15. The lowest BCUT2D eigenvalue weighted by atomic mass is 9.92. The van der Waals surface area contributed by atoms with E-state index in [-0.39, 0.29) is 6.10 Å². The molecule has 1 aromatic carbocycles. The van der Waals surface area contributed by atoms with Crippen LogP contribution in [0.2, 0.25) is 0 Å². The highest BCUT2D eigenvalue weighted by Crippen LogP contribution is 2.23. The molecule has 0 aliphatic heterocycles. The van der Waals surface area contributed by atoms with Crippen LogP contribution in [0.25, 0.3) is 0 Å². The van der Waals surface area contributed by atoms with Crippen molar-refractivity contribution in [3.63, 3.8) is 0 Å². The van der Waals surface area contributed by atoms with Crippen molar-refractivity contribution >= 4 is 15.9 Å². The van der Waals surface area contributed by atoms with Crippen LogP contribution in [0, 0.1) is 0 Å². The number of hydrogen-bond donors (Lipinski definition) is 2. The maximum atomic E-state index is 9.66. The van der Waals surface area contributed by atoms with Crippen LogP contribution in [0.5, 0.6) is 0 Å². The molecule has 0 spiro atoms. The highest BCUT2D eigenvalue weighted by atomic mass is 79.9. The summed E-state index contributed by atoms with van der Waals surface area (Å²) in [5.41, 5.74) is 1.29. The van der Waals surface area contributed by atoms with Crippen molar-refractivity contribution in [2.45, 2.75) is 50.8 Å². The first-order valence-electron chi connectivity index (χ1n) is 6.34. The molecule has 94 valence electrons. The lowest BCUT2D eigenvalue weighted by Gasteiger charge is -2.29. The summed E-state index contributed by atoms with van der Waals surface area (Å²) in [7, 11) is 0. The number of nitrogens with one attached hydrogen (secondary N) is 1. The third kappa shape index (κ3) is 3.80. The summed E-state index contributed by atoms with van der Waals surface area (Å²) in [6.45, 7) is 2.18. The van der Waals surface area contributed by atoms with Gasteiger partial charge in [0.25, 0.3) is 0 Å². The Bertz CT molecular complexity index is 369. The molecule has 2 N–H and O–H groups in total. The van der Waals surface area contributed by atoms with Gasteiger partial charge in [-0.2, -0.15) is 0 Å². The summed E-state index contributed by atoms with van der Waals surface area (Å²) < 4.78 is 1.12. The molecule has 1 aliphatic carbocycles. The number of benzene rings is 1. The van der Waals surface area contributed by atoms with E-state index in [1.165, 1.54) is 12.0 Å². The van der Waals surface area contributed by atoms with Crippen molar-refractivity contribution in [1.29, 1.82) is 0 Å². The molecule has 2 nitrogen and oxygen atoms in total. The summed E-state index contributed by atoms with van der Waals surface area (Å²) in [5, 5.41) is 13.3. The fourth-order valence-electron chi connectivity index (χ4n) is 2.54. The smallest absolute Gasteiger partial charge is 0.0555 e. The Labute approximate surface area is 112 Å². The van der Waals surface area contributed by atoms with Crippen molar-refractivity contribution < 1.29 is 5.11 Å². The van der Waals surface area contributed by atoms with Gasteiger partial charge in [-0.15, -0.1) is 0 Å². The number of aliphatic hydroxyl groups excluding tert-OH is 1. The normalized spacial score (nSPS) is 26.8. The van der Waals surface area contributed by atoms with Crippen LogP contribution >= 0.6 is 15.9 Å². The number of aliphatic hydroxyl groups is 1. The Morgan fingerprint density at radius 3 is 2.94 bits per heavy atom. The topological polar surface area (TPSA) is 32.3 Å². The molecule has 17 heavy (non-hydrogen) atoms. The second-order valence-electron chi connectivity index (χ2n) is 4.96. The van der Waals surface area contributed by atoms with Crippen LogP contribution in [0.3, 0.4) is 0 Å². The number of hydrogen-bond acceptors (Lipinski definition) is 2. The summed E-state index contributed by atoms with van der Waals surface area (Å²) in [6, 6.07) is 9.18. The lowest BCUT2D eigenvalue weighted by Crippen LogP contribution is -2.37. The molecule has 0 amide bonds. The van der Waals surface area contributed by atoms with Gasteiger partial charge in [0.05, 0.1) is 6.10 Å². The molecule has 0 bridgehead atoms. The number of halogens is 1. The van der Waals surface area contributed by atoms with Crippen molar-refractivity contribution in [2.75, 3.05) is 0 Å². The van der Waals surface area contributed by atoms with E-state index < -0.39 is 0 Å². The van der Waals surface area contributed by atoms with Gasteiger partial charge in [0, 0.05) is 16.6 Å². The second kappa shape index (κ2) is 5.98. The van der Waals surface area contributed by atoms with E-state index >= 15 is 0 Å². The van der Waals surface area contributed by atoms with Gasteiger partial charge in [0.1, 0.15) is 0 Å². The van der Waals surface area contributed by atoms with Crippen molar-refractivity contribution in [2.24, 2.45) is 0 Å². The van der Waals surface area contributed by atoms with E-state index in [2.05, 4.69) is 46.4 Å². The van der Waals surface area contributed by atoms with E-state index in [4.69, 9.17) is 0 Å². The molecule has 1 saturated carbocycles. The van der Waals surface area contributed by atoms with Gasteiger partial charge in [-0.25, -0.2) is 0 Å². The van der Waals surface area contributed by atoms with Gasteiger partial charge in [0.15, 0.2) is 0 Å². The Hall–Kier alpha value is -0.380. The Morgan fingerprint density at radius 1 is 1.41 bits per heavy atom. The molecule has 1 aromatic rings. The highest BCUT2D eigenvalue weighted by molar-refractivity contribution is 9.10. The maximum Gasteiger partial charge on any atom is 0.0555 e. The molecule has 1 fully saturated rings. The van der Waals surface area contributed by atoms with E-state index in [1.807, 2.05) is 6.07 Å². The van der Waals surface area contributed by atoms with E-state index in [0.29, 0.717) is 12.1 Å². The van der Waals surface area contributed by atoms with Crippen molar-refractivity contribution in [1.82, 2.24) is 5.32 Å². The predicted octanol–water partition coefficient (Wildman–Crippen LogP) is 3.40. The van der Waals surface area contributed by atoms with Gasteiger partial charge in [-0.05, 0) is 50.3 Å². The summed E-state index contributed by atoms with van der Waals surface area (Å²) >= 11 is 3.50. The van der Waals surface area contributed by atoms with Crippen molar-refractivity contribution in [3.8, 4) is 0 Å². The standard InChI is InChI=1S/C14H20BrNO/c1-10(11-4-2-5-12(15)8-11)16-13-6-3-7-14(17)9-13/h2,4-5,8,10,13-14,16-17H,3,6-7,9H2,1H3. The molecule has 3 heteroatoms. The largest absolute Gasteiger partial charge is 0.393 e. The van der Waals surface area contributed by atoms with Crippen LogP contribution in [-0.4, -0.2) is 17.3 Å². The molecule has 1 aliphatic rings. The van der Waals surface area contributed by atoms with Gasteiger partial charge in [-0.1, -0.05) is 28.1 Å². The quantitative estimate of drug-likeness (QED) is 0.896. The van der Waals surface area contributed by atoms with E-state index in [9.17, 15) is 5.11 Å². The monoisotopic (exact) mass is 297 g/mol. The van der Waals surface area contributed by atoms with Gasteiger partial charge >= 0.3 is 0 Å². The third-order valence-electron chi connectivity index (χ3n) is 3.48. The Balaban J connectivity index is 1.94. The maximum absolute atomic E-state index is 9.66. The average Bonchev–Trinajstić information content (AvgIpc) is 2.29. The van der Waals surface area contributed by atoms with Crippen molar-refractivity contribution in [3.05, 3.63) is 34.3 Å². The molecule has 0 saturated heterocycles. The zero-order chi connectivity index (χ0) is 12.3.